The average Bonchev–Trinajstić information content (AvgIpc) is 2.64. The van der Waals surface area contributed by atoms with Gasteiger partial charge in [-0.25, -0.2) is 4.79 Å². The van der Waals surface area contributed by atoms with E-state index in [4.69, 9.17) is 4.74 Å². The Kier molecular flexibility index (Phi) is 3.69. The minimum atomic E-state index is -0.943. The first-order valence-corrected chi connectivity index (χ1v) is 6.47. The van der Waals surface area contributed by atoms with Crippen LogP contribution in [0.5, 0.6) is 0 Å². The lowest BCUT2D eigenvalue weighted by Crippen LogP contribution is -2.40. The van der Waals surface area contributed by atoms with E-state index in [0.29, 0.717) is 6.54 Å². The Morgan fingerprint density at radius 2 is 2.10 bits per heavy atom. The number of carboxylic acids is 1. The third-order valence-electron chi connectivity index (χ3n) is 2.99. The van der Waals surface area contributed by atoms with Crippen molar-refractivity contribution in [1.29, 1.82) is 0 Å². The number of hydrogen-bond donors (Lipinski definition) is 1. The second-order valence-electron chi connectivity index (χ2n) is 5.90. The van der Waals surface area contributed by atoms with Crippen molar-refractivity contribution < 1.29 is 19.4 Å². The molecule has 1 aromatic rings. The molecule has 0 bridgehead atoms. The van der Waals surface area contributed by atoms with Gasteiger partial charge in [0.2, 0.25) is 0 Å². The van der Waals surface area contributed by atoms with Gasteiger partial charge in [0, 0.05) is 12.7 Å². The first-order chi connectivity index (χ1) is 9.26. The van der Waals surface area contributed by atoms with Crippen molar-refractivity contribution >= 4 is 12.1 Å². The molecular weight excluding hydrogens is 262 g/mol. The maximum atomic E-state index is 12.1. The molecule has 1 aliphatic heterocycles. The highest BCUT2D eigenvalue weighted by Gasteiger charge is 2.31. The van der Waals surface area contributed by atoms with Gasteiger partial charge >= 0.3 is 12.1 Å². The van der Waals surface area contributed by atoms with Crippen LogP contribution >= 0.6 is 0 Å². The fourth-order valence-electron chi connectivity index (χ4n) is 2.07. The molecule has 1 unspecified atom stereocenters. The molecule has 2 heterocycles. The average molecular weight is 281 g/mol. The number of carbonyl (C=O) groups is 2. The summed E-state index contributed by atoms with van der Waals surface area (Å²) in [6.45, 7) is 6.02. The molecule has 0 aliphatic carbocycles. The molecule has 20 heavy (non-hydrogen) atoms. The molecular formula is C13H19N3O4. The minimum Gasteiger partial charge on any atom is -0.481 e. The molecule has 0 aromatic carbocycles. The first-order valence-electron chi connectivity index (χ1n) is 6.47. The number of rotatable bonds is 1. The van der Waals surface area contributed by atoms with Crippen LogP contribution < -0.4 is 0 Å². The molecule has 0 spiro atoms. The molecule has 1 atom stereocenters. The van der Waals surface area contributed by atoms with Crippen molar-refractivity contribution in [2.75, 3.05) is 6.54 Å². The van der Waals surface area contributed by atoms with E-state index < -0.39 is 23.6 Å². The number of fused-ring (bicyclic) bond motifs is 1. The summed E-state index contributed by atoms with van der Waals surface area (Å²) in [7, 11) is 0. The van der Waals surface area contributed by atoms with Crippen molar-refractivity contribution in [3.05, 3.63) is 18.0 Å². The quantitative estimate of drug-likeness (QED) is 0.839. The largest absolute Gasteiger partial charge is 0.481 e. The lowest BCUT2D eigenvalue weighted by molar-refractivity contribution is -0.142. The number of aromatic nitrogens is 2. The van der Waals surface area contributed by atoms with E-state index >= 15 is 0 Å². The monoisotopic (exact) mass is 281 g/mol. The van der Waals surface area contributed by atoms with Crippen LogP contribution in [0.15, 0.2) is 12.3 Å². The van der Waals surface area contributed by atoms with Gasteiger partial charge in [-0.15, -0.1) is 0 Å². The normalized spacial score (nSPS) is 19.1. The number of carboxylic acid groups (broad SMARTS) is 1. The number of hydrogen-bond acceptors (Lipinski definition) is 4. The molecule has 7 nitrogen and oxygen atoms in total. The fraction of sp³-hybridized carbons (Fsp3) is 0.615. The van der Waals surface area contributed by atoms with E-state index in [0.717, 1.165) is 5.69 Å². The summed E-state index contributed by atoms with van der Waals surface area (Å²) in [4.78, 5) is 24.8. The van der Waals surface area contributed by atoms with Crippen LogP contribution in [0.25, 0.3) is 0 Å². The SMILES string of the molecule is CC(C)(C)OC(=O)N1Cc2ccnn2CC(C(=O)O)C1. The molecule has 1 amide bonds. The van der Waals surface area contributed by atoms with Gasteiger partial charge in [0.1, 0.15) is 5.60 Å². The van der Waals surface area contributed by atoms with Crippen molar-refractivity contribution in [3.63, 3.8) is 0 Å². The van der Waals surface area contributed by atoms with Crippen LogP contribution in [0.1, 0.15) is 26.5 Å². The van der Waals surface area contributed by atoms with Gasteiger partial charge in [-0.2, -0.15) is 5.10 Å². The van der Waals surface area contributed by atoms with Crippen molar-refractivity contribution in [2.24, 2.45) is 5.92 Å². The second-order valence-corrected chi connectivity index (χ2v) is 5.90. The zero-order valence-electron chi connectivity index (χ0n) is 11.9. The Morgan fingerprint density at radius 3 is 2.70 bits per heavy atom. The van der Waals surface area contributed by atoms with Crippen molar-refractivity contribution in [2.45, 2.75) is 39.5 Å². The van der Waals surface area contributed by atoms with Gasteiger partial charge in [0.05, 0.1) is 24.7 Å². The van der Waals surface area contributed by atoms with Crippen LogP contribution in [0.2, 0.25) is 0 Å². The van der Waals surface area contributed by atoms with Crippen molar-refractivity contribution in [3.8, 4) is 0 Å². The van der Waals surface area contributed by atoms with E-state index in [-0.39, 0.29) is 13.1 Å². The molecule has 0 saturated carbocycles. The smallest absolute Gasteiger partial charge is 0.410 e. The summed E-state index contributed by atoms with van der Waals surface area (Å²) in [6, 6.07) is 1.78. The van der Waals surface area contributed by atoms with E-state index in [2.05, 4.69) is 5.10 Å². The topological polar surface area (TPSA) is 84.7 Å². The highest BCUT2D eigenvalue weighted by Crippen LogP contribution is 2.19. The lowest BCUT2D eigenvalue weighted by Gasteiger charge is -2.27. The summed E-state index contributed by atoms with van der Waals surface area (Å²) in [5, 5.41) is 13.3. The van der Waals surface area contributed by atoms with E-state index in [1.165, 1.54) is 4.90 Å². The standard InChI is InChI=1S/C13H19N3O4/c1-13(2,3)20-12(19)15-6-9(11(17)18)7-16-10(8-15)4-5-14-16/h4-5,9H,6-8H2,1-3H3,(H,17,18). The predicted octanol–water partition coefficient (Wildman–Crippen LogP) is 1.33. The summed E-state index contributed by atoms with van der Waals surface area (Å²) >= 11 is 0. The minimum absolute atomic E-state index is 0.119. The van der Waals surface area contributed by atoms with E-state index in [9.17, 15) is 14.7 Å². The van der Waals surface area contributed by atoms with Gasteiger partial charge in [0.25, 0.3) is 0 Å². The van der Waals surface area contributed by atoms with Crippen LogP contribution in [0.4, 0.5) is 4.79 Å². The van der Waals surface area contributed by atoms with Gasteiger partial charge < -0.3 is 14.7 Å². The Bertz CT molecular complexity index is 518. The Labute approximate surface area is 117 Å². The third kappa shape index (κ3) is 3.28. The molecule has 0 saturated heterocycles. The first kappa shape index (κ1) is 14.4. The van der Waals surface area contributed by atoms with Crippen LogP contribution in [-0.4, -0.2) is 44.0 Å². The Hall–Kier alpha value is -2.05. The maximum absolute atomic E-state index is 12.1. The number of ether oxygens (including phenoxy) is 1. The molecule has 0 radical (unpaired) electrons. The number of carbonyl (C=O) groups excluding carboxylic acids is 1. The highest BCUT2D eigenvalue weighted by molar-refractivity contribution is 5.73. The zero-order chi connectivity index (χ0) is 14.9. The van der Waals surface area contributed by atoms with Gasteiger partial charge in [-0.3, -0.25) is 9.48 Å². The van der Waals surface area contributed by atoms with Crippen LogP contribution in [-0.2, 0) is 22.6 Å². The number of amides is 1. The fourth-order valence-corrected chi connectivity index (χ4v) is 2.07. The Balaban J connectivity index is 2.21. The second kappa shape index (κ2) is 5.15. The van der Waals surface area contributed by atoms with Crippen LogP contribution in [0.3, 0.4) is 0 Å². The van der Waals surface area contributed by atoms with E-state index in [1.807, 2.05) is 0 Å². The molecule has 1 N–H and O–H groups in total. The molecule has 7 heteroatoms. The maximum Gasteiger partial charge on any atom is 0.410 e. The molecule has 2 rings (SSSR count). The number of nitrogens with zero attached hydrogens (tertiary/aromatic N) is 3. The summed E-state index contributed by atoms with van der Waals surface area (Å²) in [5.41, 5.74) is 0.196. The molecule has 110 valence electrons. The zero-order valence-corrected chi connectivity index (χ0v) is 11.9. The predicted molar refractivity (Wildman–Crippen MR) is 70.0 cm³/mol. The van der Waals surface area contributed by atoms with Gasteiger partial charge in [0.15, 0.2) is 0 Å². The van der Waals surface area contributed by atoms with Gasteiger partial charge in [-0.05, 0) is 26.8 Å². The summed E-state index contributed by atoms with van der Waals surface area (Å²) < 4.78 is 6.94. The third-order valence-corrected chi connectivity index (χ3v) is 2.99. The summed E-state index contributed by atoms with van der Waals surface area (Å²) in [6.07, 6.45) is 1.10. The highest BCUT2D eigenvalue weighted by atomic mass is 16.6. The molecule has 1 aliphatic rings. The van der Waals surface area contributed by atoms with Gasteiger partial charge in [-0.1, -0.05) is 0 Å². The van der Waals surface area contributed by atoms with Crippen molar-refractivity contribution in [1.82, 2.24) is 14.7 Å². The Morgan fingerprint density at radius 1 is 1.40 bits per heavy atom. The summed E-state index contributed by atoms with van der Waals surface area (Å²) in [5.74, 6) is -1.63. The number of aliphatic carboxylic acids is 1. The lowest BCUT2D eigenvalue weighted by atomic mass is 10.1. The molecule has 0 fully saturated rings. The van der Waals surface area contributed by atoms with Crippen LogP contribution in [0, 0.1) is 5.92 Å². The molecule has 1 aromatic heterocycles. The van der Waals surface area contributed by atoms with E-state index in [1.54, 1.807) is 37.7 Å².